The third-order valence-corrected chi connectivity index (χ3v) is 2.44. The summed E-state index contributed by atoms with van der Waals surface area (Å²) in [6, 6.07) is 5.60. The Morgan fingerprint density at radius 3 is 3.00 bits per heavy atom. The molecule has 2 rings (SSSR count). The summed E-state index contributed by atoms with van der Waals surface area (Å²) in [5, 5.41) is 4.20. The highest BCUT2D eigenvalue weighted by Gasteiger charge is 2.01. The molecule has 0 amide bonds. The minimum atomic E-state index is 0.412. The lowest BCUT2D eigenvalue weighted by Crippen LogP contribution is -1.99. The zero-order valence-electron chi connectivity index (χ0n) is 10.7. The highest BCUT2D eigenvalue weighted by atomic mass is 16.5. The van der Waals surface area contributed by atoms with Gasteiger partial charge in [-0.05, 0) is 12.5 Å². The van der Waals surface area contributed by atoms with E-state index in [0.29, 0.717) is 12.5 Å². The average Bonchev–Trinajstić information content (AvgIpc) is 2.85. The van der Waals surface area contributed by atoms with Crippen LogP contribution >= 0.6 is 0 Å². The first-order valence-electron chi connectivity index (χ1n) is 5.97. The summed E-state index contributed by atoms with van der Waals surface area (Å²) in [6.07, 6.45) is 4.66. The molecule has 0 bridgehead atoms. The maximum absolute atomic E-state index is 5.62. The highest BCUT2D eigenvalue weighted by Crippen LogP contribution is 2.12. The van der Waals surface area contributed by atoms with Crippen LogP contribution in [0.25, 0.3) is 0 Å². The number of pyridine rings is 1. The minimum Gasteiger partial charge on any atom is -0.484 e. The van der Waals surface area contributed by atoms with Gasteiger partial charge < -0.3 is 9.47 Å². The van der Waals surface area contributed by atoms with E-state index in [1.54, 1.807) is 13.3 Å². The lowest BCUT2D eigenvalue weighted by Gasteiger charge is -2.04. The Morgan fingerprint density at radius 1 is 1.33 bits per heavy atom. The Labute approximate surface area is 106 Å². The van der Waals surface area contributed by atoms with Gasteiger partial charge in [-0.25, -0.2) is 4.98 Å². The summed E-state index contributed by atoms with van der Waals surface area (Å²) < 4.78 is 12.5. The van der Waals surface area contributed by atoms with Crippen LogP contribution in [0.4, 0.5) is 0 Å². The zero-order valence-corrected chi connectivity index (χ0v) is 10.7. The molecule has 2 heterocycles. The number of methoxy groups -OCH3 is 1. The van der Waals surface area contributed by atoms with E-state index in [4.69, 9.17) is 9.47 Å². The standard InChI is InChI=1S/C13H17N3O2/c1-3-7-16-9-12(8-14-16)18-10-11-5-4-6-13(15-11)17-2/h4-6,8-9H,3,7,10H2,1-2H3. The van der Waals surface area contributed by atoms with E-state index in [-0.39, 0.29) is 0 Å². The third-order valence-electron chi connectivity index (χ3n) is 2.44. The van der Waals surface area contributed by atoms with Gasteiger partial charge in [-0.15, -0.1) is 0 Å². The van der Waals surface area contributed by atoms with Crippen LogP contribution < -0.4 is 9.47 Å². The Bertz CT molecular complexity index is 496. The fraction of sp³-hybridized carbons (Fsp3) is 0.385. The van der Waals surface area contributed by atoms with Crippen molar-refractivity contribution in [2.75, 3.05) is 7.11 Å². The second-order valence-corrected chi connectivity index (χ2v) is 3.90. The zero-order chi connectivity index (χ0) is 12.8. The molecule has 0 atom stereocenters. The molecule has 0 fully saturated rings. The Morgan fingerprint density at radius 2 is 2.22 bits per heavy atom. The molecule has 0 aromatic carbocycles. The molecule has 0 spiro atoms. The predicted octanol–water partition coefficient (Wildman–Crippen LogP) is 2.28. The molecule has 0 N–H and O–H groups in total. The van der Waals surface area contributed by atoms with Crippen molar-refractivity contribution < 1.29 is 9.47 Å². The van der Waals surface area contributed by atoms with Crippen molar-refractivity contribution in [1.82, 2.24) is 14.8 Å². The lowest BCUT2D eigenvalue weighted by molar-refractivity contribution is 0.297. The molecule has 2 aromatic heterocycles. The van der Waals surface area contributed by atoms with Crippen LogP contribution in [0, 0.1) is 0 Å². The summed E-state index contributed by atoms with van der Waals surface area (Å²) >= 11 is 0. The fourth-order valence-electron chi connectivity index (χ4n) is 1.58. The van der Waals surface area contributed by atoms with Crippen LogP contribution in [0.1, 0.15) is 19.0 Å². The predicted molar refractivity (Wildman–Crippen MR) is 67.6 cm³/mol. The lowest BCUT2D eigenvalue weighted by atomic mass is 10.3. The van der Waals surface area contributed by atoms with E-state index in [1.807, 2.05) is 29.1 Å². The molecule has 0 saturated heterocycles. The number of rotatable bonds is 6. The van der Waals surface area contributed by atoms with E-state index in [2.05, 4.69) is 17.0 Å². The molecule has 0 aliphatic carbocycles. The van der Waals surface area contributed by atoms with Gasteiger partial charge in [0.15, 0.2) is 5.75 Å². The monoisotopic (exact) mass is 247 g/mol. The fourth-order valence-corrected chi connectivity index (χ4v) is 1.58. The largest absolute Gasteiger partial charge is 0.484 e. The first kappa shape index (κ1) is 12.4. The third kappa shape index (κ3) is 3.23. The number of ether oxygens (including phenoxy) is 2. The van der Waals surface area contributed by atoms with Gasteiger partial charge in [-0.2, -0.15) is 5.10 Å². The molecular formula is C13H17N3O2. The van der Waals surface area contributed by atoms with Gasteiger partial charge in [-0.3, -0.25) is 4.68 Å². The summed E-state index contributed by atoms with van der Waals surface area (Å²) in [5.41, 5.74) is 0.831. The SMILES string of the molecule is CCCn1cc(OCc2cccc(OC)n2)cn1. The van der Waals surface area contributed by atoms with Gasteiger partial charge in [-0.1, -0.05) is 13.0 Å². The number of nitrogens with zero attached hydrogens (tertiary/aromatic N) is 3. The van der Waals surface area contributed by atoms with Crippen LogP contribution in [0.2, 0.25) is 0 Å². The van der Waals surface area contributed by atoms with Crippen LogP contribution in [0.15, 0.2) is 30.6 Å². The summed E-state index contributed by atoms with van der Waals surface area (Å²) in [4.78, 5) is 4.28. The first-order chi connectivity index (χ1) is 8.81. The van der Waals surface area contributed by atoms with Gasteiger partial charge >= 0.3 is 0 Å². The van der Waals surface area contributed by atoms with Crippen molar-refractivity contribution in [2.24, 2.45) is 0 Å². The Hall–Kier alpha value is -2.04. The van der Waals surface area contributed by atoms with Crippen LogP contribution in [-0.2, 0) is 13.2 Å². The van der Waals surface area contributed by atoms with Crippen molar-refractivity contribution in [3.63, 3.8) is 0 Å². The van der Waals surface area contributed by atoms with Crippen LogP contribution in [-0.4, -0.2) is 21.9 Å². The molecule has 0 aliphatic heterocycles. The van der Waals surface area contributed by atoms with Gasteiger partial charge in [0.25, 0.3) is 0 Å². The molecule has 5 nitrogen and oxygen atoms in total. The Kier molecular flexibility index (Phi) is 4.17. The molecule has 96 valence electrons. The highest BCUT2D eigenvalue weighted by molar-refractivity contribution is 5.17. The normalized spacial score (nSPS) is 10.3. The van der Waals surface area contributed by atoms with Crippen molar-refractivity contribution in [3.8, 4) is 11.6 Å². The maximum atomic E-state index is 5.62. The van der Waals surface area contributed by atoms with E-state index in [0.717, 1.165) is 24.4 Å². The topological polar surface area (TPSA) is 49.2 Å². The number of hydrogen-bond donors (Lipinski definition) is 0. The summed E-state index contributed by atoms with van der Waals surface area (Å²) in [7, 11) is 1.60. The van der Waals surface area contributed by atoms with E-state index in [9.17, 15) is 0 Å². The van der Waals surface area contributed by atoms with Crippen LogP contribution in [0.3, 0.4) is 0 Å². The minimum absolute atomic E-state index is 0.412. The van der Waals surface area contributed by atoms with Gasteiger partial charge in [0, 0.05) is 12.6 Å². The number of aromatic nitrogens is 3. The molecule has 0 radical (unpaired) electrons. The van der Waals surface area contributed by atoms with Gasteiger partial charge in [0.1, 0.15) is 6.61 Å². The smallest absolute Gasteiger partial charge is 0.213 e. The molecular weight excluding hydrogens is 230 g/mol. The first-order valence-corrected chi connectivity index (χ1v) is 5.97. The molecule has 2 aromatic rings. The van der Waals surface area contributed by atoms with E-state index >= 15 is 0 Å². The molecule has 0 saturated carbocycles. The van der Waals surface area contributed by atoms with Crippen molar-refractivity contribution in [3.05, 3.63) is 36.3 Å². The summed E-state index contributed by atoms with van der Waals surface area (Å²) in [6.45, 7) is 3.43. The van der Waals surface area contributed by atoms with Crippen molar-refractivity contribution >= 4 is 0 Å². The van der Waals surface area contributed by atoms with E-state index < -0.39 is 0 Å². The van der Waals surface area contributed by atoms with Gasteiger partial charge in [0.05, 0.1) is 25.2 Å². The molecule has 0 aliphatic rings. The Balaban J connectivity index is 1.93. The van der Waals surface area contributed by atoms with Gasteiger partial charge in [0.2, 0.25) is 5.88 Å². The quantitative estimate of drug-likeness (QED) is 0.785. The summed E-state index contributed by atoms with van der Waals surface area (Å²) in [5.74, 6) is 1.35. The second kappa shape index (κ2) is 6.05. The average molecular weight is 247 g/mol. The molecule has 18 heavy (non-hydrogen) atoms. The van der Waals surface area contributed by atoms with E-state index in [1.165, 1.54) is 0 Å². The van der Waals surface area contributed by atoms with Crippen molar-refractivity contribution in [2.45, 2.75) is 26.5 Å². The number of aryl methyl sites for hydroxylation is 1. The molecule has 0 unspecified atom stereocenters. The second-order valence-electron chi connectivity index (χ2n) is 3.90. The van der Waals surface area contributed by atoms with Crippen molar-refractivity contribution in [1.29, 1.82) is 0 Å². The van der Waals surface area contributed by atoms with Crippen LogP contribution in [0.5, 0.6) is 11.6 Å². The molecule has 5 heteroatoms. The number of hydrogen-bond acceptors (Lipinski definition) is 4. The maximum Gasteiger partial charge on any atom is 0.213 e.